The monoisotopic (exact) mass is 285 g/mol. The fourth-order valence-corrected chi connectivity index (χ4v) is 1.89. The van der Waals surface area contributed by atoms with E-state index in [0.29, 0.717) is 0 Å². The number of rotatable bonds is 4. The Hall–Kier alpha value is 0.595. The summed E-state index contributed by atoms with van der Waals surface area (Å²) in [6, 6.07) is -0.484. The van der Waals surface area contributed by atoms with Crippen LogP contribution in [-0.4, -0.2) is 36.0 Å². The van der Waals surface area contributed by atoms with Crippen LogP contribution >= 0.6 is 22.6 Å². The van der Waals surface area contributed by atoms with Crippen molar-refractivity contribution in [2.45, 2.75) is 28.1 Å². The van der Waals surface area contributed by atoms with E-state index in [-0.39, 0.29) is 21.9 Å². The first-order valence-electron chi connectivity index (χ1n) is 3.80. The molecule has 0 rings (SSSR count). The fourth-order valence-electron chi connectivity index (χ4n) is 0.759. The summed E-state index contributed by atoms with van der Waals surface area (Å²) in [5.74, 6) is -0.100. The van der Waals surface area contributed by atoms with Gasteiger partial charge in [-0.2, -0.15) is 0 Å². The van der Waals surface area contributed by atoms with Crippen molar-refractivity contribution in [2.24, 2.45) is 28.7 Å². The molecular weight excluding hydrogens is 268 g/mol. The standard InChI is InChI=1S/C5H17BIN5/c6-4(10)2(8)1(7)3(9)5(11)12/h1-5H,6,8-12H2. The highest BCUT2D eigenvalue weighted by Crippen LogP contribution is 2.10. The van der Waals surface area contributed by atoms with Gasteiger partial charge in [-0.1, -0.05) is 22.6 Å². The van der Waals surface area contributed by atoms with Gasteiger partial charge in [0.15, 0.2) is 0 Å². The number of halogens is 1. The fraction of sp³-hybridized carbons (Fsp3) is 1.00. The maximum atomic E-state index is 5.78. The Labute approximate surface area is 87.3 Å². The molecule has 72 valence electrons. The molecule has 0 aromatic carbocycles. The summed E-state index contributed by atoms with van der Waals surface area (Å²) < 4.78 is 0.00241. The molecule has 0 amide bonds. The largest absolute Gasteiger partial charge is 0.334 e. The minimum absolute atomic E-state index is 0.00241. The third-order valence-corrected chi connectivity index (χ3v) is 3.45. The van der Waals surface area contributed by atoms with Crippen LogP contribution in [0.4, 0.5) is 0 Å². The third-order valence-electron chi connectivity index (χ3n) is 1.79. The first-order chi connectivity index (χ1) is 5.37. The second-order valence-corrected chi connectivity index (χ2v) is 4.47. The van der Waals surface area contributed by atoms with Crippen LogP contribution in [0.3, 0.4) is 0 Å². The lowest BCUT2D eigenvalue weighted by Gasteiger charge is -2.28. The molecule has 10 N–H and O–H groups in total. The summed E-state index contributed by atoms with van der Waals surface area (Å²) in [7, 11) is 1.84. The van der Waals surface area contributed by atoms with Crippen molar-refractivity contribution in [3.63, 3.8) is 0 Å². The molecule has 0 saturated carbocycles. The lowest BCUT2D eigenvalue weighted by Crippen LogP contribution is -2.60. The molecule has 0 aliphatic carbocycles. The van der Waals surface area contributed by atoms with Gasteiger partial charge in [0.1, 0.15) is 7.85 Å². The molecule has 0 aliphatic rings. The van der Waals surface area contributed by atoms with Crippen molar-refractivity contribution in [3.8, 4) is 0 Å². The Morgan fingerprint density at radius 3 is 1.58 bits per heavy atom. The van der Waals surface area contributed by atoms with Crippen LogP contribution in [-0.2, 0) is 0 Å². The molecule has 12 heavy (non-hydrogen) atoms. The second-order valence-electron chi connectivity index (χ2n) is 3.04. The van der Waals surface area contributed by atoms with E-state index in [1.54, 1.807) is 0 Å². The van der Waals surface area contributed by atoms with Crippen LogP contribution in [0.2, 0.25) is 0 Å². The first-order valence-corrected chi connectivity index (χ1v) is 5.04. The molecule has 0 heterocycles. The Balaban J connectivity index is 4.08. The quantitative estimate of drug-likeness (QED) is 0.159. The molecule has 0 aromatic heterocycles. The molecule has 5 nitrogen and oxygen atoms in total. The lowest BCUT2D eigenvalue weighted by atomic mass is 9.87. The average molecular weight is 285 g/mol. The summed E-state index contributed by atoms with van der Waals surface area (Å²) in [6.45, 7) is 0. The van der Waals surface area contributed by atoms with Gasteiger partial charge >= 0.3 is 0 Å². The van der Waals surface area contributed by atoms with Crippen molar-refractivity contribution >= 4 is 30.4 Å². The summed E-state index contributed by atoms with van der Waals surface area (Å²) in [6.07, 6.45) is -0.545. The SMILES string of the molecule is BC(N)C(N)C(I)C(N)C(N)N. The predicted octanol–water partition coefficient (Wildman–Crippen LogP) is -3.39. The number of hydrogen-bond donors (Lipinski definition) is 5. The molecule has 0 saturated heterocycles. The van der Waals surface area contributed by atoms with Crippen molar-refractivity contribution in [1.82, 2.24) is 0 Å². The number of alkyl halides is 1. The number of nitrogens with two attached hydrogens (primary N) is 5. The average Bonchev–Trinajstić information content (AvgIpc) is 2.00. The Kier molecular flexibility index (Phi) is 5.62. The molecule has 0 bridgehead atoms. The van der Waals surface area contributed by atoms with Gasteiger partial charge in [0.2, 0.25) is 0 Å². The van der Waals surface area contributed by atoms with Crippen molar-refractivity contribution in [1.29, 1.82) is 0 Å². The topological polar surface area (TPSA) is 130 Å². The molecule has 7 heteroatoms. The maximum Gasteiger partial charge on any atom is 0.125 e. The normalized spacial score (nSPS) is 21.9. The van der Waals surface area contributed by atoms with E-state index in [1.165, 1.54) is 0 Å². The van der Waals surface area contributed by atoms with Gasteiger partial charge in [-0.3, -0.25) is 0 Å². The first kappa shape index (κ1) is 12.6. The van der Waals surface area contributed by atoms with Crippen molar-refractivity contribution in [2.75, 3.05) is 0 Å². The van der Waals surface area contributed by atoms with Crippen molar-refractivity contribution in [3.05, 3.63) is 0 Å². The molecule has 0 aromatic rings. The highest BCUT2D eigenvalue weighted by molar-refractivity contribution is 14.1. The zero-order valence-corrected chi connectivity index (χ0v) is 9.31. The Morgan fingerprint density at radius 2 is 1.33 bits per heavy atom. The highest BCUT2D eigenvalue weighted by atomic mass is 127. The van der Waals surface area contributed by atoms with Gasteiger partial charge in [0.25, 0.3) is 0 Å². The van der Waals surface area contributed by atoms with Gasteiger partial charge in [0.05, 0.1) is 6.17 Å². The third kappa shape index (κ3) is 3.54. The molecule has 4 atom stereocenters. The van der Waals surface area contributed by atoms with E-state index in [1.807, 2.05) is 7.85 Å². The van der Waals surface area contributed by atoms with Crippen LogP contribution < -0.4 is 28.7 Å². The summed E-state index contributed by atoms with van der Waals surface area (Å²) >= 11 is 2.13. The van der Waals surface area contributed by atoms with Gasteiger partial charge in [0, 0.05) is 16.0 Å². The Morgan fingerprint density at radius 1 is 0.917 bits per heavy atom. The minimum Gasteiger partial charge on any atom is -0.334 e. The molecule has 0 fully saturated rings. The zero-order valence-electron chi connectivity index (χ0n) is 7.15. The van der Waals surface area contributed by atoms with Gasteiger partial charge in [-0.15, -0.1) is 0 Å². The van der Waals surface area contributed by atoms with Crippen LogP contribution in [0.1, 0.15) is 0 Å². The van der Waals surface area contributed by atoms with Gasteiger partial charge < -0.3 is 28.7 Å². The summed E-state index contributed by atoms with van der Waals surface area (Å²) in [5, 5.41) is 0. The molecule has 0 aliphatic heterocycles. The maximum absolute atomic E-state index is 5.78. The van der Waals surface area contributed by atoms with Gasteiger partial charge in [-0.25, -0.2) is 0 Å². The summed E-state index contributed by atoms with van der Waals surface area (Å²) in [4.78, 5) is 0. The van der Waals surface area contributed by atoms with Crippen LogP contribution in [0, 0.1) is 0 Å². The smallest absolute Gasteiger partial charge is 0.125 e. The zero-order chi connectivity index (χ0) is 9.89. The summed E-state index contributed by atoms with van der Waals surface area (Å²) in [5.41, 5.74) is 27.9. The van der Waals surface area contributed by atoms with E-state index in [4.69, 9.17) is 28.7 Å². The van der Waals surface area contributed by atoms with E-state index in [0.717, 1.165) is 0 Å². The second kappa shape index (κ2) is 5.35. The van der Waals surface area contributed by atoms with E-state index in [9.17, 15) is 0 Å². The lowest BCUT2D eigenvalue weighted by molar-refractivity contribution is 0.475. The number of hydrogen-bond acceptors (Lipinski definition) is 5. The highest BCUT2D eigenvalue weighted by Gasteiger charge is 2.26. The van der Waals surface area contributed by atoms with E-state index >= 15 is 0 Å². The van der Waals surface area contributed by atoms with Gasteiger partial charge in [-0.05, 0) is 5.94 Å². The molecule has 4 unspecified atom stereocenters. The minimum atomic E-state index is -0.545. The van der Waals surface area contributed by atoms with Crippen LogP contribution in [0.15, 0.2) is 0 Å². The Bertz CT molecular complexity index is 119. The predicted molar refractivity (Wildman–Crippen MR) is 62.4 cm³/mol. The van der Waals surface area contributed by atoms with Crippen LogP contribution in [0.5, 0.6) is 0 Å². The van der Waals surface area contributed by atoms with E-state index < -0.39 is 6.17 Å². The molecular formula is C5H17BIN5. The molecule has 0 radical (unpaired) electrons. The van der Waals surface area contributed by atoms with Crippen LogP contribution in [0.25, 0.3) is 0 Å². The molecule has 0 spiro atoms. The van der Waals surface area contributed by atoms with E-state index in [2.05, 4.69) is 22.6 Å². The van der Waals surface area contributed by atoms with Crippen molar-refractivity contribution < 1.29 is 0 Å².